The zero-order valence-corrected chi connectivity index (χ0v) is 11.3. The van der Waals surface area contributed by atoms with Gasteiger partial charge < -0.3 is 15.5 Å². The third-order valence-corrected chi connectivity index (χ3v) is 3.16. The zero-order valence-electron chi connectivity index (χ0n) is 11.3. The maximum absolute atomic E-state index is 5.88. The average Bonchev–Trinajstić information content (AvgIpc) is 2.91. The number of aromatic amines is 1. The van der Waals surface area contributed by atoms with Crippen molar-refractivity contribution in [3.63, 3.8) is 0 Å². The van der Waals surface area contributed by atoms with E-state index < -0.39 is 0 Å². The second-order valence-electron chi connectivity index (χ2n) is 4.84. The highest BCUT2D eigenvalue weighted by atomic mass is 16.5. The largest absolute Gasteiger partial charge is 0.487 e. The second-order valence-corrected chi connectivity index (χ2v) is 4.84. The highest BCUT2D eigenvalue weighted by molar-refractivity contribution is 5.81. The number of ether oxygens (including phenoxy) is 1. The number of imidazole rings is 1. The lowest BCUT2D eigenvalue weighted by Crippen LogP contribution is -2.06. The summed E-state index contributed by atoms with van der Waals surface area (Å²) in [6.07, 6.45) is 0. The topological polar surface area (TPSA) is 63.9 Å². The van der Waals surface area contributed by atoms with Crippen molar-refractivity contribution < 1.29 is 4.74 Å². The first-order valence-electron chi connectivity index (χ1n) is 6.65. The molecule has 0 fully saturated rings. The fraction of sp³-hybridized carbons (Fsp3) is 0.188. The van der Waals surface area contributed by atoms with Crippen LogP contribution in [0.1, 0.15) is 24.4 Å². The zero-order chi connectivity index (χ0) is 13.9. The molecule has 4 heteroatoms. The minimum Gasteiger partial charge on any atom is -0.487 e. The van der Waals surface area contributed by atoms with Crippen LogP contribution in [-0.4, -0.2) is 9.97 Å². The first-order valence-corrected chi connectivity index (χ1v) is 6.65. The van der Waals surface area contributed by atoms with Crippen LogP contribution in [0.25, 0.3) is 11.0 Å². The minimum atomic E-state index is -0.121. The van der Waals surface area contributed by atoms with Crippen molar-refractivity contribution in [1.82, 2.24) is 9.97 Å². The van der Waals surface area contributed by atoms with Crippen molar-refractivity contribution >= 4 is 11.0 Å². The lowest BCUT2D eigenvalue weighted by atomic mass is 10.2. The van der Waals surface area contributed by atoms with Gasteiger partial charge in [0.05, 0.1) is 11.6 Å². The molecule has 3 rings (SSSR count). The van der Waals surface area contributed by atoms with Gasteiger partial charge in [0.25, 0.3) is 0 Å². The summed E-state index contributed by atoms with van der Waals surface area (Å²) in [5.41, 5.74) is 8.77. The monoisotopic (exact) mass is 267 g/mol. The van der Waals surface area contributed by atoms with Crippen LogP contribution in [0.2, 0.25) is 0 Å². The summed E-state index contributed by atoms with van der Waals surface area (Å²) in [4.78, 5) is 7.74. The van der Waals surface area contributed by atoms with Crippen LogP contribution in [0.5, 0.6) is 5.75 Å². The molecule has 3 aromatic rings. The lowest BCUT2D eigenvalue weighted by molar-refractivity contribution is 0.309. The molecule has 20 heavy (non-hydrogen) atoms. The van der Waals surface area contributed by atoms with Gasteiger partial charge in [0.1, 0.15) is 23.7 Å². The van der Waals surface area contributed by atoms with Crippen LogP contribution in [0.15, 0.2) is 48.5 Å². The SMILES string of the molecule is C[C@@H](N)c1nc2c(OCc3ccccc3)cccc2[nH]1. The molecular weight excluding hydrogens is 250 g/mol. The first-order chi connectivity index (χ1) is 9.74. The fourth-order valence-corrected chi connectivity index (χ4v) is 2.09. The van der Waals surface area contributed by atoms with Gasteiger partial charge in [0.15, 0.2) is 0 Å². The predicted molar refractivity (Wildman–Crippen MR) is 79.5 cm³/mol. The molecule has 0 unspecified atom stereocenters. The smallest absolute Gasteiger partial charge is 0.147 e. The Morgan fingerprint density at radius 3 is 2.70 bits per heavy atom. The molecule has 0 aliphatic rings. The van der Waals surface area contributed by atoms with Gasteiger partial charge in [0, 0.05) is 0 Å². The van der Waals surface area contributed by atoms with E-state index in [9.17, 15) is 0 Å². The molecule has 4 nitrogen and oxygen atoms in total. The van der Waals surface area contributed by atoms with E-state index in [2.05, 4.69) is 9.97 Å². The normalized spacial score (nSPS) is 12.5. The third kappa shape index (κ3) is 2.51. The number of hydrogen-bond donors (Lipinski definition) is 2. The van der Waals surface area contributed by atoms with Crippen LogP contribution in [0, 0.1) is 0 Å². The number of nitrogens with zero attached hydrogens (tertiary/aromatic N) is 1. The number of nitrogens with one attached hydrogen (secondary N) is 1. The highest BCUT2D eigenvalue weighted by Gasteiger charge is 2.10. The Morgan fingerprint density at radius 2 is 1.95 bits per heavy atom. The molecule has 0 aliphatic heterocycles. The molecule has 3 N–H and O–H groups in total. The van der Waals surface area contributed by atoms with Gasteiger partial charge in [-0.25, -0.2) is 4.98 Å². The Hall–Kier alpha value is -2.33. The number of fused-ring (bicyclic) bond motifs is 1. The van der Waals surface area contributed by atoms with Crippen LogP contribution < -0.4 is 10.5 Å². The summed E-state index contributed by atoms with van der Waals surface area (Å²) >= 11 is 0. The summed E-state index contributed by atoms with van der Waals surface area (Å²) in [7, 11) is 0. The van der Waals surface area contributed by atoms with E-state index >= 15 is 0 Å². The molecule has 102 valence electrons. The summed E-state index contributed by atoms with van der Waals surface area (Å²) in [6.45, 7) is 2.43. The van der Waals surface area contributed by atoms with E-state index in [0.717, 1.165) is 28.2 Å². The van der Waals surface area contributed by atoms with E-state index in [1.165, 1.54) is 0 Å². The highest BCUT2D eigenvalue weighted by Crippen LogP contribution is 2.25. The van der Waals surface area contributed by atoms with Crippen LogP contribution >= 0.6 is 0 Å². The molecule has 1 atom stereocenters. The van der Waals surface area contributed by atoms with Crippen molar-refractivity contribution in [2.75, 3.05) is 0 Å². The van der Waals surface area contributed by atoms with Crippen LogP contribution in [0.4, 0.5) is 0 Å². The van der Waals surface area contributed by atoms with Crippen molar-refractivity contribution in [2.45, 2.75) is 19.6 Å². The number of para-hydroxylation sites is 1. The van der Waals surface area contributed by atoms with E-state index in [0.29, 0.717) is 6.61 Å². The van der Waals surface area contributed by atoms with Crippen LogP contribution in [-0.2, 0) is 6.61 Å². The maximum atomic E-state index is 5.88. The molecule has 1 heterocycles. The molecule has 0 aliphatic carbocycles. The molecule has 0 saturated heterocycles. The van der Waals surface area contributed by atoms with Gasteiger partial charge in [-0.2, -0.15) is 0 Å². The van der Waals surface area contributed by atoms with E-state index in [4.69, 9.17) is 10.5 Å². The van der Waals surface area contributed by atoms with Gasteiger partial charge in [-0.15, -0.1) is 0 Å². The molecule has 0 saturated carbocycles. The minimum absolute atomic E-state index is 0.121. The van der Waals surface area contributed by atoms with E-state index in [1.807, 2.05) is 55.5 Å². The predicted octanol–water partition coefficient (Wildman–Crippen LogP) is 3.16. The Balaban J connectivity index is 1.87. The van der Waals surface area contributed by atoms with Gasteiger partial charge in [-0.05, 0) is 24.6 Å². The van der Waals surface area contributed by atoms with Crippen molar-refractivity contribution in [1.29, 1.82) is 0 Å². The lowest BCUT2D eigenvalue weighted by Gasteiger charge is -2.06. The van der Waals surface area contributed by atoms with Crippen molar-refractivity contribution in [2.24, 2.45) is 5.73 Å². The Morgan fingerprint density at radius 1 is 1.15 bits per heavy atom. The molecule has 0 amide bonds. The average molecular weight is 267 g/mol. The molecule has 1 aromatic heterocycles. The number of benzene rings is 2. The molecule has 0 radical (unpaired) electrons. The van der Waals surface area contributed by atoms with E-state index in [1.54, 1.807) is 0 Å². The maximum Gasteiger partial charge on any atom is 0.147 e. The van der Waals surface area contributed by atoms with Crippen molar-refractivity contribution in [3.8, 4) is 5.75 Å². The Bertz CT molecular complexity index is 704. The molecule has 2 aromatic carbocycles. The molecule has 0 spiro atoms. The van der Waals surface area contributed by atoms with E-state index in [-0.39, 0.29) is 6.04 Å². The summed E-state index contributed by atoms with van der Waals surface area (Å²) in [5.74, 6) is 1.55. The number of H-pyrrole nitrogens is 1. The van der Waals surface area contributed by atoms with Gasteiger partial charge >= 0.3 is 0 Å². The third-order valence-electron chi connectivity index (χ3n) is 3.16. The van der Waals surface area contributed by atoms with Gasteiger partial charge in [-0.3, -0.25) is 0 Å². The second kappa shape index (κ2) is 5.35. The molecule has 0 bridgehead atoms. The fourth-order valence-electron chi connectivity index (χ4n) is 2.09. The standard InChI is InChI=1S/C16H17N3O/c1-11(17)16-18-13-8-5-9-14(15(13)19-16)20-10-12-6-3-2-4-7-12/h2-9,11H,10,17H2,1H3,(H,18,19)/t11-/m1/s1. The molecular formula is C16H17N3O. The summed E-state index contributed by atoms with van der Waals surface area (Å²) in [6, 6.07) is 15.8. The van der Waals surface area contributed by atoms with Gasteiger partial charge in [-0.1, -0.05) is 36.4 Å². The van der Waals surface area contributed by atoms with Crippen LogP contribution in [0.3, 0.4) is 0 Å². The Kier molecular flexibility index (Phi) is 3.39. The van der Waals surface area contributed by atoms with Gasteiger partial charge in [0.2, 0.25) is 0 Å². The summed E-state index contributed by atoms with van der Waals surface area (Å²) < 4.78 is 5.88. The number of rotatable bonds is 4. The van der Waals surface area contributed by atoms with Crippen molar-refractivity contribution in [3.05, 3.63) is 59.9 Å². The Labute approximate surface area is 117 Å². The number of aromatic nitrogens is 2. The quantitative estimate of drug-likeness (QED) is 0.763. The first kappa shape index (κ1) is 12.7. The number of hydrogen-bond acceptors (Lipinski definition) is 3. The summed E-state index contributed by atoms with van der Waals surface area (Å²) in [5, 5.41) is 0. The number of nitrogens with two attached hydrogens (primary N) is 1.